The second kappa shape index (κ2) is 5.72. The van der Waals surface area contributed by atoms with E-state index in [9.17, 15) is 18.9 Å². The molecule has 0 fully saturated rings. The molecule has 0 N–H and O–H groups in total. The quantitative estimate of drug-likeness (QED) is 0.270. The van der Waals surface area contributed by atoms with Crippen molar-refractivity contribution in [3.05, 3.63) is 33.4 Å². The predicted octanol–water partition coefficient (Wildman–Crippen LogP) is -1.55. The van der Waals surface area contributed by atoms with Gasteiger partial charge in [-0.05, 0) is 31.0 Å². The summed E-state index contributed by atoms with van der Waals surface area (Å²) in [6.07, 6.45) is 0. The third kappa shape index (κ3) is 3.09. The predicted molar refractivity (Wildman–Crippen MR) is 49.8 cm³/mol. The molecule has 1 atom stereocenters. The van der Waals surface area contributed by atoms with E-state index in [0.29, 0.717) is 5.56 Å². The maximum Gasteiger partial charge on any atom is 1.00 e. The molecular formula is C8H8NNaO4S. The van der Waals surface area contributed by atoms with Crippen LogP contribution in [-0.4, -0.2) is 13.7 Å². The van der Waals surface area contributed by atoms with Crippen molar-refractivity contribution in [2.45, 2.75) is 18.7 Å². The fraction of sp³-hybridized carbons (Fsp3) is 0.250. The fourth-order valence-electron chi connectivity index (χ4n) is 1.28. The zero-order valence-corrected chi connectivity index (χ0v) is 11.5. The molecule has 0 amide bonds. The third-order valence-electron chi connectivity index (χ3n) is 1.95. The van der Waals surface area contributed by atoms with Crippen LogP contribution in [0, 0.1) is 24.0 Å². The maximum atomic E-state index is 10.7. The smallest absolute Gasteiger partial charge is 0.768 e. The van der Waals surface area contributed by atoms with Gasteiger partial charge in [-0.15, -0.1) is 0 Å². The van der Waals surface area contributed by atoms with Crippen LogP contribution in [0.1, 0.15) is 11.1 Å². The summed E-state index contributed by atoms with van der Waals surface area (Å²) in [5.74, 6) is 0. The van der Waals surface area contributed by atoms with Crippen molar-refractivity contribution in [2.75, 3.05) is 0 Å². The van der Waals surface area contributed by atoms with E-state index >= 15 is 0 Å². The summed E-state index contributed by atoms with van der Waals surface area (Å²) in [6.45, 7) is 3.00. The average Bonchev–Trinajstić information content (AvgIpc) is 2.02. The van der Waals surface area contributed by atoms with Crippen LogP contribution in [0.4, 0.5) is 5.69 Å². The Morgan fingerprint density at radius 2 is 1.87 bits per heavy atom. The molecule has 1 unspecified atom stereocenters. The van der Waals surface area contributed by atoms with Crippen molar-refractivity contribution in [1.29, 1.82) is 0 Å². The molecule has 1 aromatic rings. The topological polar surface area (TPSA) is 83.3 Å². The van der Waals surface area contributed by atoms with Crippen LogP contribution in [0.2, 0.25) is 0 Å². The summed E-state index contributed by atoms with van der Waals surface area (Å²) < 4.78 is 21.4. The first-order valence-electron chi connectivity index (χ1n) is 3.79. The SMILES string of the molecule is Cc1ccc(S(=O)[O-])c(C)c1[N+](=O)[O-].[Na+]. The molecule has 0 saturated heterocycles. The van der Waals surface area contributed by atoms with Crippen molar-refractivity contribution >= 4 is 16.8 Å². The summed E-state index contributed by atoms with van der Waals surface area (Å²) >= 11 is -2.43. The van der Waals surface area contributed by atoms with Gasteiger partial charge in [-0.1, -0.05) is 6.07 Å². The van der Waals surface area contributed by atoms with E-state index in [-0.39, 0.29) is 45.7 Å². The van der Waals surface area contributed by atoms with E-state index in [2.05, 4.69) is 0 Å². The standard InChI is InChI=1S/C8H9NO4S.Na/c1-5-3-4-7(14(12)13)6(2)8(5)9(10)11;/h3-4H,1-2H3,(H,12,13);/q;+1/p-1. The van der Waals surface area contributed by atoms with E-state index in [1.54, 1.807) is 6.92 Å². The molecule has 1 aromatic carbocycles. The number of nitro benzene ring substituents is 1. The van der Waals surface area contributed by atoms with E-state index in [4.69, 9.17) is 0 Å². The van der Waals surface area contributed by atoms with Crippen molar-refractivity contribution < 1.29 is 43.2 Å². The molecule has 0 aromatic heterocycles. The Bertz CT molecular complexity index is 421. The Hall–Kier alpha value is -0.270. The van der Waals surface area contributed by atoms with Gasteiger partial charge in [0, 0.05) is 16.0 Å². The molecule has 0 aliphatic carbocycles. The summed E-state index contributed by atoms with van der Waals surface area (Å²) in [7, 11) is 0. The minimum absolute atomic E-state index is 0. The fourth-order valence-corrected chi connectivity index (χ4v) is 1.80. The molecule has 15 heavy (non-hydrogen) atoms. The van der Waals surface area contributed by atoms with Crippen molar-refractivity contribution in [3.8, 4) is 0 Å². The molecule has 0 heterocycles. The first-order chi connectivity index (χ1) is 6.45. The molecule has 0 aliphatic rings. The average molecular weight is 237 g/mol. The molecule has 0 radical (unpaired) electrons. The number of hydrogen-bond donors (Lipinski definition) is 0. The van der Waals surface area contributed by atoms with Crippen molar-refractivity contribution in [1.82, 2.24) is 0 Å². The van der Waals surface area contributed by atoms with E-state index in [1.807, 2.05) is 0 Å². The van der Waals surface area contributed by atoms with Crippen LogP contribution in [0.15, 0.2) is 17.0 Å². The summed E-state index contributed by atoms with van der Waals surface area (Å²) in [5, 5.41) is 10.6. The second-order valence-electron chi connectivity index (χ2n) is 2.85. The Kier molecular flexibility index (Phi) is 5.61. The maximum absolute atomic E-state index is 10.7. The number of benzene rings is 1. The normalized spacial score (nSPS) is 11.7. The monoisotopic (exact) mass is 237 g/mol. The first-order valence-corrected chi connectivity index (χ1v) is 4.86. The van der Waals surface area contributed by atoms with Gasteiger partial charge in [-0.25, -0.2) is 0 Å². The van der Waals surface area contributed by atoms with Gasteiger partial charge < -0.3 is 4.55 Å². The molecule has 0 saturated carbocycles. The van der Waals surface area contributed by atoms with Gasteiger partial charge in [0.2, 0.25) is 0 Å². The molecule has 1 rings (SSSR count). The van der Waals surface area contributed by atoms with Gasteiger partial charge in [-0.2, -0.15) is 0 Å². The van der Waals surface area contributed by atoms with Gasteiger partial charge in [0.05, 0.1) is 4.92 Å². The molecule has 0 bridgehead atoms. The summed E-state index contributed by atoms with van der Waals surface area (Å²) in [6, 6.07) is 2.79. The summed E-state index contributed by atoms with van der Waals surface area (Å²) in [4.78, 5) is 10.0. The Morgan fingerprint density at radius 1 is 1.33 bits per heavy atom. The van der Waals surface area contributed by atoms with Gasteiger partial charge in [0.25, 0.3) is 5.69 Å². The molecule has 0 spiro atoms. The van der Waals surface area contributed by atoms with Gasteiger partial charge >= 0.3 is 29.6 Å². The number of hydrogen-bond acceptors (Lipinski definition) is 4. The molecule has 76 valence electrons. The van der Waals surface area contributed by atoms with Gasteiger partial charge in [0.15, 0.2) is 0 Å². The van der Waals surface area contributed by atoms with Crippen LogP contribution in [0.5, 0.6) is 0 Å². The molecule has 7 heteroatoms. The Balaban J connectivity index is 0.00000196. The van der Waals surface area contributed by atoms with E-state index in [0.717, 1.165) is 0 Å². The molecule has 0 aliphatic heterocycles. The van der Waals surface area contributed by atoms with Crippen LogP contribution in [0.3, 0.4) is 0 Å². The van der Waals surface area contributed by atoms with Crippen LogP contribution < -0.4 is 29.6 Å². The molecule has 5 nitrogen and oxygen atoms in total. The zero-order chi connectivity index (χ0) is 10.9. The van der Waals surface area contributed by atoms with Gasteiger partial charge in [-0.3, -0.25) is 14.3 Å². The minimum Gasteiger partial charge on any atom is -0.768 e. The van der Waals surface area contributed by atoms with Crippen molar-refractivity contribution in [2.24, 2.45) is 0 Å². The minimum atomic E-state index is -2.43. The second-order valence-corrected chi connectivity index (χ2v) is 3.76. The third-order valence-corrected chi connectivity index (χ3v) is 2.75. The van der Waals surface area contributed by atoms with Crippen LogP contribution >= 0.6 is 0 Å². The summed E-state index contributed by atoms with van der Waals surface area (Å²) in [5.41, 5.74) is 0.511. The first kappa shape index (κ1) is 14.7. The zero-order valence-electron chi connectivity index (χ0n) is 8.64. The van der Waals surface area contributed by atoms with E-state index in [1.165, 1.54) is 19.1 Å². The Labute approximate surface area is 112 Å². The number of aryl methyl sites for hydroxylation is 1. The Morgan fingerprint density at radius 3 is 2.27 bits per heavy atom. The largest absolute Gasteiger partial charge is 1.00 e. The van der Waals surface area contributed by atoms with Crippen LogP contribution in [-0.2, 0) is 11.1 Å². The van der Waals surface area contributed by atoms with Gasteiger partial charge in [0.1, 0.15) is 0 Å². The number of rotatable bonds is 2. The number of nitrogens with zero attached hydrogens (tertiary/aromatic N) is 1. The number of nitro groups is 1. The van der Waals surface area contributed by atoms with Crippen LogP contribution in [0.25, 0.3) is 0 Å². The van der Waals surface area contributed by atoms with E-state index < -0.39 is 16.0 Å². The molecular weight excluding hydrogens is 229 g/mol. The van der Waals surface area contributed by atoms with Crippen molar-refractivity contribution in [3.63, 3.8) is 0 Å².